The highest BCUT2D eigenvalue weighted by Crippen LogP contribution is 2.28. The number of amides is 1. The minimum absolute atomic E-state index is 0.392. The minimum atomic E-state index is -4.59. The predicted octanol–water partition coefficient (Wildman–Crippen LogP) is 3.05. The first-order valence-corrected chi connectivity index (χ1v) is 7.25. The molecule has 0 radical (unpaired) electrons. The van der Waals surface area contributed by atoms with E-state index in [1.807, 2.05) is 24.3 Å². The summed E-state index contributed by atoms with van der Waals surface area (Å²) in [5.41, 5.74) is -0.551. The molecule has 0 unspecified atom stereocenters. The van der Waals surface area contributed by atoms with Gasteiger partial charge in [-0.25, -0.2) is 0 Å². The van der Waals surface area contributed by atoms with Crippen molar-refractivity contribution in [2.24, 2.45) is 0 Å². The van der Waals surface area contributed by atoms with Gasteiger partial charge in [0.05, 0.1) is 23.0 Å². The Balaban J connectivity index is 1.79. The van der Waals surface area contributed by atoms with Crippen molar-refractivity contribution in [3.05, 3.63) is 70.8 Å². The smallest absolute Gasteiger partial charge is 0.323 e. The molecule has 2 aromatic heterocycles. The summed E-state index contributed by atoms with van der Waals surface area (Å²) >= 11 is 0. The molecular formula is C17H12F3N3O2. The van der Waals surface area contributed by atoms with Crippen LogP contribution in [0.4, 0.5) is 18.9 Å². The van der Waals surface area contributed by atoms with Crippen molar-refractivity contribution < 1.29 is 18.0 Å². The second-order valence-corrected chi connectivity index (χ2v) is 5.35. The molecule has 1 amide bonds. The fraction of sp³-hybridized carbons (Fsp3) is 0.118. The molecule has 0 bridgehead atoms. The molecule has 128 valence electrons. The molecule has 1 aromatic carbocycles. The summed E-state index contributed by atoms with van der Waals surface area (Å²) in [7, 11) is 0. The van der Waals surface area contributed by atoms with Gasteiger partial charge in [0.2, 0.25) is 5.91 Å². The molecule has 0 saturated heterocycles. The number of hydrogen-bond acceptors (Lipinski definition) is 3. The van der Waals surface area contributed by atoms with Gasteiger partial charge in [-0.2, -0.15) is 13.2 Å². The average Bonchev–Trinajstić information content (AvgIpc) is 2.55. The number of carbonyl (C=O) groups excluding carboxylic acids is 1. The summed E-state index contributed by atoms with van der Waals surface area (Å²) in [6.45, 7) is -0.532. The zero-order chi connectivity index (χ0) is 18.0. The van der Waals surface area contributed by atoms with Crippen LogP contribution in [0, 0.1) is 0 Å². The van der Waals surface area contributed by atoms with E-state index in [0.717, 1.165) is 17.0 Å². The summed E-state index contributed by atoms with van der Waals surface area (Å²) in [5.74, 6) is -0.626. The number of nitrogens with one attached hydrogen (secondary N) is 1. The highest BCUT2D eigenvalue weighted by molar-refractivity contribution is 5.92. The molecule has 0 atom stereocenters. The lowest BCUT2D eigenvalue weighted by Crippen LogP contribution is -2.28. The summed E-state index contributed by atoms with van der Waals surface area (Å²) in [6.07, 6.45) is -2.52. The number of aromatic nitrogens is 2. The third kappa shape index (κ3) is 3.85. The Morgan fingerprint density at radius 3 is 2.68 bits per heavy atom. The van der Waals surface area contributed by atoms with Crippen molar-refractivity contribution in [2.45, 2.75) is 12.7 Å². The van der Waals surface area contributed by atoms with Gasteiger partial charge < -0.3 is 9.88 Å². The SMILES string of the molecule is O=C(Cn1cc(C(F)(F)F)ccc1=O)Nc1cnc2ccccc2c1. The number of alkyl halides is 3. The Labute approximate surface area is 139 Å². The van der Waals surface area contributed by atoms with Crippen LogP contribution < -0.4 is 10.9 Å². The number of fused-ring (bicyclic) bond motifs is 1. The number of nitrogens with zero attached hydrogens (tertiary/aromatic N) is 2. The maximum absolute atomic E-state index is 12.7. The fourth-order valence-corrected chi connectivity index (χ4v) is 2.32. The zero-order valence-corrected chi connectivity index (χ0v) is 12.7. The van der Waals surface area contributed by atoms with Gasteiger partial charge in [-0.3, -0.25) is 14.6 Å². The van der Waals surface area contributed by atoms with Crippen molar-refractivity contribution in [3.8, 4) is 0 Å². The van der Waals surface area contributed by atoms with Gasteiger partial charge in [0, 0.05) is 17.6 Å². The number of pyridine rings is 2. The molecule has 0 fully saturated rings. The van der Waals surface area contributed by atoms with Gasteiger partial charge >= 0.3 is 6.18 Å². The molecule has 5 nitrogen and oxygen atoms in total. The molecule has 0 aliphatic carbocycles. The van der Waals surface area contributed by atoms with E-state index in [9.17, 15) is 22.8 Å². The number of carbonyl (C=O) groups is 1. The zero-order valence-electron chi connectivity index (χ0n) is 12.7. The lowest BCUT2D eigenvalue weighted by atomic mass is 10.2. The number of hydrogen-bond donors (Lipinski definition) is 1. The van der Waals surface area contributed by atoms with Crippen LogP contribution in [0.25, 0.3) is 10.9 Å². The summed E-state index contributed by atoms with van der Waals surface area (Å²) < 4.78 is 38.8. The van der Waals surface area contributed by atoms with Crippen LogP contribution in [-0.2, 0) is 17.5 Å². The van der Waals surface area contributed by atoms with Crippen LogP contribution in [0.2, 0.25) is 0 Å². The molecule has 0 saturated carbocycles. The lowest BCUT2D eigenvalue weighted by Gasteiger charge is -2.11. The van der Waals surface area contributed by atoms with Gasteiger partial charge in [0.1, 0.15) is 6.54 Å². The van der Waals surface area contributed by atoms with Crippen molar-refractivity contribution >= 4 is 22.5 Å². The van der Waals surface area contributed by atoms with Crippen molar-refractivity contribution in [3.63, 3.8) is 0 Å². The molecular weight excluding hydrogens is 335 g/mol. The van der Waals surface area contributed by atoms with Gasteiger partial charge in [0.15, 0.2) is 0 Å². The molecule has 8 heteroatoms. The first-order chi connectivity index (χ1) is 11.8. The van der Waals surface area contributed by atoms with Crippen molar-refractivity contribution in [1.29, 1.82) is 0 Å². The second-order valence-electron chi connectivity index (χ2n) is 5.35. The largest absolute Gasteiger partial charge is 0.417 e. The van der Waals surface area contributed by atoms with E-state index in [1.54, 1.807) is 6.07 Å². The Bertz CT molecular complexity index is 996. The normalized spacial score (nSPS) is 11.5. The van der Waals surface area contributed by atoms with Crippen LogP contribution in [0.5, 0.6) is 0 Å². The number of benzene rings is 1. The highest BCUT2D eigenvalue weighted by Gasteiger charge is 2.31. The van der Waals surface area contributed by atoms with Crippen LogP contribution in [0.15, 0.2) is 59.7 Å². The Morgan fingerprint density at radius 1 is 1.16 bits per heavy atom. The van der Waals surface area contributed by atoms with E-state index in [-0.39, 0.29) is 0 Å². The third-order valence-corrected chi connectivity index (χ3v) is 3.50. The van der Waals surface area contributed by atoms with Crippen LogP contribution in [0.1, 0.15) is 5.56 Å². The number of anilines is 1. The van der Waals surface area contributed by atoms with E-state index >= 15 is 0 Å². The Kier molecular flexibility index (Phi) is 4.26. The minimum Gasteiger partial charge on any atom is -0.323 e. The maximum atomic E-state index is 12.7. The summed E-state index contributed by atoms with van der Waals surface area (Å²) in [4.78, 5) is 27.9. The number of halogens is 3. The van der Waals surface area contributed by atoms with Crippen LogP contribution in [0.3, 0.4) is 0 Å². The Morgan fingerprint density at radius 2 is 1.92 bits per heavy atom. The summed E-state index contributed by atoms with van der Waals surface area (Å²) in [6, 6.07) is 10.4. The monoisotopic (exact) mass is 347 g/mol. The molecule has 2 heterocycles. The molecule has 0 aliphatic heterocycles. The molecule has 25 heavy (non-hydrogen) atoms. The van der Waals surface area contributed by atoms with Crippen LogP contribution >= 0.6 is 0 Å². The van der Waals surface area contributed by atoms with Gasteiger partial charge in [-0.15, -0.1) is 0 Å². The van der Waals surface area contributed by atoms with E-state index < -0.39 is 29.8 Å². The lowest BCUT2D eigenvalue weighted by molar-refractivity contribution is -0.138. The molecule has 1 N–H and O–H groups in total. The van der Waals surface area contributed by atoms with Gasteiger partial charge in [-0.1, -0.05) is 18.2 Å². The van der Waals surface area contributed by atoms with Gasteiger partial charge in [-0.05, 0) is 18.2 Å². The third-order valence-electron chi connectivity index (χ3n) is 3.50. The van der Waals surface area contributed by atoms with Gasteiger partial charge in [0.25, 0.3) is 5.56 Å². The van der Waals surface area contributed by atoms with E-state index in [0.29, 0.717) is 22.5 Å². The van der Waals surface area contributed by atoms with E-state index in [1.165, 1.54) is 6.20 Å². The molecule has 3 rings (SSSR count). The average molecular weight is 347 g/mol. The first kappa shape index (κ1) is 16.7. The van der Waals surface area contributed by atoms with Crippen molar-refractivity contribution in [2.75, 3.05) is 5.32 Å². The maximum Gasteiger partial charge on any atom is 0.417 e. The standard InChI is InChI=1S/C17H12F3N3O2/c18-17(19,20)12-5-6-16(25)23(9-12)10-15(24)22-13-7-11-3-1-2-4-14(11)21-8-13/h1-9H,10H2,(H,22,24). The number of rotatable bonds is 3. The van der Waals surface area contributed by atoms with E-state index in [4.69, 9.17) is 0 Å². The quantitative estimate of drug-likeness (QED) is 0.792. The van der Waals surface area contributed by atoms with Crippen LogP contribution in [-0.4, -0.2) is 15.5 Å². The number of para-hydroxylation sites is 1. The Hall–Kier alpha value is -3.16. The summed E-state index contributed by atoms with van der Waals surface area (Å²) in [5, 5.41) is 3.33. The fourth-order valence-electron chi connectivity index (χ4n) is 2.32. The molecule has 3 aromatic rings. The van der Waals surface area contributed by atoms with E-state index in [2.05, 4.69) is 10.3 Å². The topological polar surface area (TPSA) is 64.0 Å². The van der Waals surface area contributed by atoms with Crippen molar-refractivity contribution in [1.82, 2.24) is 9.55 Å². The first-order valence-electron chi connectivity index (χ1n) is 7.25. The predicted molar refractivity (Wildman–Crippen MR) is 86.1 cm³/mol. The molecule has 0 aliphatic rings. The second kappa shape index (κ2) is 6.39. The molecule has 0 spiro atoms. The highest BCUT2D eigenvalue weighted by atomic mass is 19.4.